The standard InChI is InChI=1S/C60H108N8O31/c1-38(72)65-48-54(82)51(79)41(35-69)97-57(48)94-31-28-91-25-22-88-19-16-85-13-10-62-44(75)4-7-60(68-47(78)34-61,8-5-45(76)63-11-14-86-17-20-89-23-26-92-29-32-95-58-49(66-39(2)73)55(83)52(80)42(36-70)98-58)9-6-46(77)64-12-15-87-18-21-90-24-27-93-30-33-96-59-50(67-40(3)74)56(84)53(81)43(37-71)99-59/h41-43,48-52,54-59,69-71,79-80,82-84H,4-37,61H2,1-3H3,(H,62,75)(H,63,76)(H,64,77)(H,65,72)(H,66,73)(H,67,74)(H,68,78). The molecule has 0 aromatic rings. The van der Waals surface area contributed by atoms with Gasteiger partial charge < -0.3 is 155 Å². The van der Waals surface area contributed by atoms with Gasteiger partial charge in [0, 0.05) is 65.2 Å². The monoisotopic (exact) mass is 1440 g/mol. The Labute approximate surface area is 574 Å². The summed E-state index contributed by atoms with van der Waals surface area (Å²) < 4.78 is 83.1. The topological polar surface area (TPSA) is 547 Å². The lowest BCUT2D eigenvalue weighted by atomic mass is 9.83. The number of nitrogens with two attached hydrogens (primary N) is 1. The number of ketones is 1. The molecule has 3 saturated heterocycles. The number of hydrogen-bond donors (Lipinski definition) is 16. The quantitative estimate of drug-likeness (QED) is 0.0252. The molecular formula is C60H108N8O31. The number of ether oxygens (including phenoxy) is 15. The maximum absolute atomic E-state index is 13.2. The van der Waals surface area contributed by atoms with E-state index < -0.39 is 165 Å². The Balaban J connectivity index is 1.38. The number of aliphatic hydroxyl groups is 8. The normalized spacial score (nSPS) is 25.3. The fourth-order valence-electron chi connectivity index (χ4n) is 10.0. The summed E-state index contributed by atoms with van der Waals surface area (Å²) in [5, 5.41) is 98.5. The predicted octanol–water partition coefficient (Wildman–Crippen LogP) is -9.27. The highest BCUT2D eigenvalue weighted by Crippen LogP contribution is 2.27. The van der Waals surface area contributed by atoms with Crippen LogP contribution in [0, 0.1) is 0 Å². The van der Waals surface area contributed by atoms with Crippen LogP contribution in [0.1, 0.15) is 59.3 Å². The van der Waals surface area contributed by atoms with Crippen molar-refractivity contribution in [3.8, 4) is 0 Å². The molecule has 99 heavy (non-hydrogen) atoms. The van der Waals surface area contributed by atoms with Crippen molar-refractivity contribution in [1.82, 2.24) is 37.2 Å². The van der Waals surface area contributed by atoms with E-state index in [1.54, 1.807) is 0 Å². The Morgan fingerprint density at radius 3 is 0.990 bits per heavy atom. The molecule has 0 aromatic carbocycles. The van der Waals surface area contributed by atoms with Crippen LogP contribution in [0.5, 0.6) is 0 Å². The van der Waals surface area contributed by atoms with E-state index in [2.05, 4.69) is 37.2 Å². The van der Waals surface area contributed by atoms with E-state index in [0.29, 0.717) is 0 Å². The first kappa shape index (κ1) is 88.2. The summed E-state index contributed by atoms with van der Waals surface area (Å²) in [7, 11) is 0. The maximum atomic E-state index is 13.2. The van der Waals surface area contributed by atoms with Crippen LogP contribution in [-0.2, 0) is 109 Å². The molecule has 3 fully saturated rings. The van der Waals surface area contributed by atoms with E-state index in [1.807, 2.05) is 0 Å². The molecule has 0 radical (unpaired) electrons. The van der Waals surface area contributed by atoms with E-state index in [4.69, 9.17) is 76.8 Å². The van der Waals surface area contributed by atoms with Crippen LogP contribution >= 0.6 is 0 Å². The minimum absolute atomic E-state index is 0.00616. The molecule has 39 nitrogen and oxygen atoms in total. The first-order valence-corrected chi connectivity index (χ1v) is 33.0. The molecule has 17 N–H and O–H groups in total. The van der Waals surface area contributed by atoms with Crippen molar-refractivity contribution in [1.29, 1.82) is 0 Å². The highest BCUT2D eigenvalue weighted by atomic mass is 16.7. The summed E-state index contributed by atoms with van der Waals surface area (Å²) in [4.78, 5) is 99.7. The summed E-state index contributed by atoms with van der Waals surface area (Å²) in [5.41, 5.74) is 4.49. The molecule has 39 heteroatoms. The maximum Gasteiger partial charge on any atom is 0.234 e. The molecule has 14 unspecified atom stereocenters. The van der Waals surface area contributed by atoms with Gasteiger partial charge in [-0.1, -0.05) is 0 Å². The third-order valence-electron chi connectivity index (χ3n) is 15.1. The second-order valence-electron chi connectivity index (χ2n) is 22.8. The molecule has 0 bridgehead atoms. The highest BCUT2D eigenvalue weighted by molar-refractivity contribution is 5.89. The predicted molar refractivity (Wildman–Crippen MR) is 337 cm³/mol. The lowest BCUT2D eigenvalue weighted by Crippen LogP contribution is -2.64. The highest BCUT2D eigenvalue weighted by Gasteiger charge is 2.48. The third kappa shape index (κ3) is 36.1. The average molecular weight is 1440 g/mol. The Morgan fingerprint density at radius 2 is 0.697 bits per heavy atom. The summed E-state index contributed by atoms with van der Waals surface area (Å²) in [5.74, 6) is -4.03. The molecule has 3 rings (SSSR count). The van der Waals surface area contributed by atoms with Crippen molar-refractivity contribution >= 4 is 47.1 Å². The van der Waals surface area contributed by atoms with Crippen molar-refractivity contribution in [2.24, 2.45) is 5.73 Å². The van der Waals surface area contributed by atoms with E-state index in [1.165, 1.54) is 20.8 Å². The van der Waals surface area contributed by atoms with E-state index >= 15 is 0 Å². The van der Waals surface area contributed by atoms with Crippen molar-refractivity contribution in [3.05, 3.63) is 0 Å². The number of aliphatic hydroxyl groups excluding tert-OH is 8. The molecule has 0 saturated carbocycles. The zero-order valence-corrected chi connectivity index (χ0v) is 56.7. The molecular weight excluding hydrogens is 1330 g/mol. The van der Waals surface area contributed by atoms with Gasteiger partial charge in [-0.3, -0.25) is 38.4 Å². The number of Topliss-reactive ketones (excluding diaryl/α,β-unsaturated/α-hetero) is 1. The Kier molecular flexibility index (Phi) is 46.4. The summed E-state index contributed by atoms with van der Waals surface area (Å²) in [6.07, 6.45) is -14.8. The second kappa shape index (κ2) is 52.0. The summed E-state index contributed by atoms with van der Waals surface area (Å²) >= 11 is 0. The van der Waals surface area contributed by atoms with Gasteiger partial charge in [0.05, 0.1) is 165 Å². The number of carbonyl (C=O) groups is 8. The lowest BCUT2D eigenvalue weighted by molar-refractivity contribution is -0.272. The molecule has 3 heterocycles. The minimum atomic E-state index is -1.64. The number of carbonyl (C=O) groups excluding carboxylic acids is 8. The number of hydrogen-bond acceptors (Lipinski definition) is 32. The van der Waals surface area contributed by atoms with Gasteiger partial charge in [0.15, 0.2) is 24.7 Å². The van der Waals surface area contributed by atoms with Crippen molar-refractivity contribution in [3.63, 3.8) is 0 Å². The molecule has 574 valence electrons. The van der Waals surface area contributed by atoms with Crippen LogP contribution < -0.4 is 43.0 Å². The largest absolute Gasteiger partial charge is 0.394 e. The number of amides is 7. The van der Waals surface area contributed by atoms with Gasteiger partial charge in [-0.25, -0.2) is 0 Å². The van der Waals surface area contributed by atoms with Crippen LogP contribution in [0.2, 0.25) is 0 Å². The fraction of sp³-hybridized carbons (Fsp3) is 0.867. The second-order valence-corrected chi connectivity index (χ2v) is 22.8. The minimum Gasteiger partial charge on any atom is -0.394 e. The Bertz CT molecular complexity index is 2200. The van der Waals surface area contributed by atoms with E-state index in [9.17, 15) is 79.2 Å². The number of nitrogens with one attached hydrogen (secondary N) is 7. The fourth-order valence-corrected chi connectivity index (χ4v) is 10.0. The molecule has 0 spiro atoms. The van der Waals surface area contributed by atoms with Gasteiger partial charge in [-0.05, 0) is 19.3 Å². The molecule has 3 aliphatic rings. The van der Waals surface area contributed by atoms with Crippen molar-refractivity contribution in [2.75, 3.05) is 185 Å². The van der Waals surface area contributed by atoms with Crippen molar-refractivity contribution < 1.29 is 150 Å². The summed E-state index contributed by atoms with van der Waals surface area (Å²) in [6, 6.07) is -3.34. The van der Waals surface area contributed by atoms with Gasteiger partial charge >= 0.3 is 0 Å². The van der Waals surface area contributed by atoms with Gasteiger partial charge in [-0.2, -0.15) is 0 Å². The Morgan fingerprint density at radius 1 is 0.404 bits per heavy atom. The first-order chi connectivity index (χ1) is 47.6. The van der Waals surface area contributed by atoms with Gasteiger partial charge in [0.2, 0.25) is 41.4 Å². The van der Waals surface area contributed by atoms with Crippen LogP contribution in [0.3, 0.4) is 0 Å². The Hall–Kier alpha value is -5.00. The van der Waals surface area contributed by atoms with Crippen LogP contribution in [-0.4, -0.2) is 364 Å². The molecule has 0 aliphatic carbocycles. The molecule has 3 aliphatic heterocycles. The molecule has 0 aromatic heterocycles. The first-order valence-electron chi connectivity index (χ1n) is 33.0. The van der Waals surface area contributed by atoms with Crippen LogP contribution in [0.15, 0.2) is 0 Å². The van der Waals surface area contributed by atoms with E-state index in [-0.39, 0.29) is 197 Å². The van der Waals surface area contributed by atoms with Gasteiger partial charge in [-0.15, -0.1) is 0 Å². The zero-order valence-electron chi connectivity index (χ0n) is 56.7. The number of rotatable bonds is 56. The SMILES string of the molecule is CC(=O)NC1C(OCCOCCOCCOCCNC(=O)CCC(CCC(=O)NCCOCCOCCOCCOC2OC(CO)C(O)C(O)C2NC(C)=O)(CCC(=O)NCCOCCOCCOCCOC2OC(CO)C(O)C(O)C2NC(C)=O)NC(=O)CN)OC(CO)C(=O)C1O. The van der Waals surface area contributed by atoms with Crippen LogP contribution in [0.4, 0.5) is 0 Å². The average Bonchev–Trinajstić information content (AvgIpc) is 0.843. The van der Waals surface area contributed by atoms with Gasteiger partial charge in [0.1, 0.15) is 67.0 Å². The third-order valence-corrected chi connectivity index (χ3v) is 15.1. The summed E-state index contributed by atoms with van der Waals surface area (Å²) in [6.45, 7) is 4.66. The lowest BCUT2D eigenvalue weighted by Gasteiger charge is -2.42. The van der Waals surface area contributed by atoms with Gasteiger partial charge in [0.25, 0.3) is 0 Å². The van der Waals surface area contributed by atoms with E-state index in [0.717, 1.165) is 0 Å². The molecule has 7 amide bonds. The van der Waals surface area contributed by atoms with Crippen molar-refractivity contribution in [2.45, 2.75) is 151 Å². The van der Waals surface area contributed by atoms with Crippen LogP contribution in [0.25, 0.3) is 0 Å². The zero-order chi connectivity index (χ0) is 72.8. The smallest absolute Gasteiger partial charge is 0.234 e. The molecule has 14 atom stereocenters.